The quantitative estimate of drug-likeness (QED) is 0.898. The van der Waals surface area contributed by atoms with E-state index in [1.165, 1.54) is 11.1 Å². The van der Waals surface area contributed by atoms with Gasteiger partial charge in [0, 0.05) is 25.7 Å². The van der Waals surface area contributed by atoms with E-state index >= 15 is 0 Å². The van der Waals surface area contributed by atoms with E-state index in [4.69, 9.17) is 10.5 Å². The lowest BCUT2D eigenvalue weighted by atomic mass is 9.98. The van der Waals surface area contributed by atoms with E-state index in [1.54, 1.807) is 6.20 Å². The monoisotopic (exact) mass is 273 g/mol. The largest absolute Gasteiger partial charge is 0.397 e. The van der Waals surface area contributed by atoms with Crippen LogP contribution in [0.5, 0.6) is 0 Å². The van der Waals surface area contributed by atoms with Crippen LogP contribution in [-0.4, -0.2) is 41.7 Å². The van der Waals surface area contributed by atoms with Gasteiger partial charge in [0.2, 0.25) is 0 Å². The lowest BCUT2D eigenvalue weighted by Crippen LogP contribution is -2.42. The summed E-state index contributed by atoms with van der Waals surface area (Å²) < 4.78 is 5.67. The first-order chi connectivity index (χ1) is 9.65. The number of rotatable bonds is 2. The normalized spacial score (nSPS) is 27.6. The third-order valence-electron chi connectivity index (χ3n) is 4.45. The van der Waals surface area contributed by atoms with Gasteiger partial charge >= 0.3 is 0 Å². The summed E-state index contributed by atoms with van der Waals surface area (Å²) >= 11 is 0. The number of ether oxygens (including phenoxy) is 1. The van der Waals surface area contributed by atoms with E-state index in [2.05, 4.69) is 29.8 Å². The molecule has 2 atom stereocenters. The molecular weight excluding hydrogens is 250 g/mol. The molecule has 1 aromatic rings. The Bertz CT molecular complexity index is 526. The van der Waals surface area contributed by atoms with Crippen molar-refractivity contribution in [1.29, 1.82) is 0 Å². The molecule has 1 saturated heterocycles. The van der Waals surface area contributed by atoms with E-state index in [9.17, 15) is 0 Å². The number of anilines is 1. The first-order valence-corrected chi connectivity index (χ1v) is 7.42. The Kier molecular flexibility index (Phi) is 3.76. The first kappa shape index (κ1) is 13.6. The van der Waals surface area contributed by atoms with Crippen molar-refractivity contribution >= 4 is 11.3 Å². The number of aryl methyl sites for hydroxylation is 1. The van der Waals surface area contributed by atoms with E-state index in [0.29, 0.717) is 12.1 Å². The van der Waals surface area contributed by atoms with Gasteiger partial charge in [0.25, 0.3) is 0 Å². The topological polar surface area (TPSA) is 51.4 Å². The molecule has 0 spiro atoms. The van der Waals surface area contributed by atoms with Crippen LogP contribution in [0, 0.1) is 6.92 Å². The molecule has 1 fully saturated rings. The summed E-state index contributed by atoms with van der Waals surface area (Å²) in [4.78, 5) is 7.04. The second-order valence-electron chi connectivity index (χ2n) is 5.84. The third kappa shape index (κ3) is 2.58. The summed E-state index contributed by atoms with van der Waals surface area (Å²) in [6, 6.07) is 2.58. The Balaban J connectivity index is 1.73. The lowest BCUT2D eigenvalue weighted by molar-refractivity contribution is 0.0782. The summed E-state index contributed by atoms with van der Waals surface area (Å²) in [5, 5.41) is 0. The van der Waals surface area contributed by atoms with Crippen molar-refractivity contribution in [3.8, 4) is 0 Å². The van der Waals surface area contributed by atoms with Crippen molar-refractivity contribution in [2.75, 3.05) is 25.4 Å². The summed E-state index contributed by atoms with van der Waals surface area (Å²) in [7, 11) is 0. The van der Waals surface area contributed by atoms with Crippen LogP contribution in [0.25, 0.3) is 5.57 Å². The Morgan fingerprint density at radius 3 is 2.90 bits per heavy atom. The molecule has 108 valence electrons. The molecule has 0 radical (unpaired) electrons. The van der Waals surface area contributed by atoms with Gasteiger partial charge in [0.15, 0.2) is 0 Å². The summed E-state index contributed by atoms with van der Waals surface area (Å²) in [5.74, 6) is 0. The van der Waals surface area contributed by atoms with Gasteiger partial charge in [-0.1, -0.05) is 6.08 Å². The second kappa shape index (κ2) is 5.54. The molecule has 0 aromatic carbocycles. The molecule has 0 amide bonds. The van der Waals surface area contributed by atoms with Crippen molar-refractivity contribution in [2.24, 2.45) is 0 Å². The summed E-state index contributed by atoms with van der Waals surface area (Å²) in [6.45, 7) is 7.26. The average Bonchev–Trinajstić information content (AvgIpc) is 2.85. The Morgan fingerprint density at radius 2 is 2.30 bits per heavy atom. The minimum absolute atomic E-state index is 0.362. The van der Waals surface area contributed by atoms with Crippen LogP contribution in [0.3, 0.4) is 0 Å². The molecular formula is C16H23N3O. The number of hydrogen-bond donors (Lipinski definition) is 1. The van der Waals surface area contributed by atoms with E-state index < -0.39 is 0 Å². The van der Waals surface area contributed by atoms with E-state index in [-0.39, 0.29) is 0 Å². The Morgan fingerprint density at radius 1 is 1.45 bits per heavy atom. The number of hydrogen-bond acceptors (Lipinski definition) is 4. The van der Waals surface area contributed by atoms with Gasteiger partial charge in [0.05, 0.1) is 23.7 Å². The first-order valence-electron chi connectivity index (χ1n) is 7.42. The van der Waals surface area contributed by atoms with Gasteiger partial charge in [-0.05, 0) is 43.9 Å². The molecule has 20 heavy (non-hydrogen) atoms. The molecule has 0 saturated carbocycles. The predicted molar refractivity (Wildman–Crippen MR) is 81.4 cm³/mol. The highest BCUT2D eigenvalue weighted by Gasteiger charge is 2.30. The van der Waals surface area contributed by atoms with E-state index in [0.717, 1.165) is 43.9 Å². The maximum absolute atomic E-state index is 5.77. The van der Waals surface area contributed by atoms with Crippen LogP contribution in [0.15, 0.2) is 18.3 Å². The van der Waals surface area contributed by atoms with Crippen LogP contribution >= 0.6 is 0 Å². The van der Waals surface area contributed by atoms with Crippen molar-refractivity contribution in [1.82, 2.24) is 9.88 Å². The zero-order chi connectivity index (χ0) is 14.1. The van der Waals surface area contributed by atoms with Crippen LogP contribution in [0.1, 0.15) is 31.0 Å². The fourth-order valence-electron chi connectivity index (χ4n) is 3.33. The SMILES string of the molecule is Cc1cc(N)cnc1C1=CCN(C2CCOC2C)CC1. The molecule has 2 aliphatic rings. The van der Waals surface area contributed by atoms with Crippen LogP contribution in [-0.2, 0) is 4.74 Å². The highest BCUT2D eigenvalue weighted by Crippen LogP contribution is 2.28. The highest BCUT2D eigenvalue weighted by molar-refractivity contribution is 5.67. The van der Waals surface area contributed by atoms with Gasteiger partial charge in [-0.25, -0.2) is 0 Å². The number of nitrogens with zero attached hydrogens (tertiary/aromatic N) is 2. The van der Waals surface area contributed by atoms with Gasteiger partial charge in [0.1, 0.15) is 0 Å². The minimum Gasteiger partial charge on any atom is -0.397 e. The maximum Gasteiger partial charge on any atom is 0.0703 e. The standard InChI is InChI=1S/C16H23N3O/c1-11-9-14(17)10-18-16(11)13-3-6-19(7-4-13)15-5-8-20-12(15)2/h3,9-10,12,15H,4-8,17H2,1-2H3. The zero-order valence-electron chi connectivity index (χ0n) is 12.3. The number of nitrogens with two attached hydrogens (primary N) is 1. The second-order valence-corrected chi connectivity index (χ2v) is 5.84. The lowest BCUT2D eigenvalue weighted by Gasteiger charge is -2.33. The molecule has 0 aliphatic carbocycles. The van der Waals surface area contributed by atoms with Crippen LogP contribution < -0.4 is 5.73 Å². The zero-order valence-corrected chi connectivity index (χ0v) is 12.3. The smallest absolute Gasteiger partial charge is 0.0703 e. The maximum atomic E-state index is 5.77. The number of pyridine rings is 1. The molecule has 1 aromatic heterocycles. The number of nitrogen functional groups attached to an aromatic ring is 1. The van der Waals surface area contributed by atoms with Gasteiger partial charge in [-0.3, -0.25) is 9.88 Å². The van der Waals surface area contributed by atoms with Crippen LogP contribution in [0.2, 0.25) is 0 Å². The molecule has 3 heterocycles. The fourth-order valence-corrected chi connectivity index (χ4v) is 3.33. The minimum atomic E-state index is 0.362. The van der Waals surface area contributed by atoms with Gasteiger partial charge in [-0.2, -0.15) is 0 Å². The van der Waals surface area contributed by atoms with Gasteiger partial charge < -0.3 is 10.5 Å². The summed E-state index contributed by atoms with van der Waals surface area (Å²) in [6.07, 6.45) is 6.65. The molecule has 4 heteroatoms. The van der Waals surface area contributed by atoms with Crippen molar-refractivity contribution in [3.05, 3.63) is 29.6 Å². The predicted octanol–water partition coefficient (Wildman–Crippen LogP) is 2.24. The molecule has 2 aliphatic heterocycles. The van der Waals surface area contributed by atoms with Crippen LogP contribution in [0.4, 0.5) is 5.69 Å². The van der Waals surface area contributed by atoms with Crippen molar-refractivity contribution < 1.29 is 4.74 Å². The third-order valence-corrected chi connectivity index (χ3v) is 4.45. The molecule has 0 bridgehead atoms. The van der Waals surface area contributed by atoms with Crippen molar-refractivity contribution in [2.45, 2.75) is 38.8 Å². The molecule has 2 unspecified atom stereocenters. The molecule has 2 N–H and O–H groups in total. The van der Waals surface area contributed by atoms with E-state index in [1.807, 2.05) is 6.07 Å². The fraction of sp³-hybridized carbons (Fsp3) is 0.562. The number of aromatic nitrogens is 1. The summed E-state index contributed by atoms with van der Waals surface area (Å²) in [5.41, 5.74) is 10.1. The molecule has 4 nitrogen and oxygen atoms in total. The van der Waals surface area contributed by atoms with Gasteiger partial charge in [-0.15, -0.1) is 0 Å². The molecule has 3 rings (SSSR count). The Labute approximate surface area is 120 Å². The highest BCUT2D eigenvalue weighted by atomic mass is 16.5. The van der Waals surface area contributed by atoms with Crippen molar-refractivity contribution in [3.63, 3.8) is 0 Å². The Hall–Kier alpha value is -1.39. The average molecular weight is 273 g/mol.